The van der Waals surface area contributed by atoms with E-state index in [0.29, 0.717) is 12.4 Å². The molecular formula is C9H15N3O2. The number of aromatic nitrogens is 3. The topological polar surface area (TPSA) is 60.2 Å². The van der Waals surface area contributed by atoms with E-state index in [0.717, 1.165) is 19.4 Å². The highest BCUT2D eigenvalue weighted by atomic mass is 16.5. The second kappa shape index (κ2) is 4.52. The van der Waals surface area contributed by atoms with Crippen LogP contribution in [0.4, 0.5) is 0 Å². The normalized spacial score (nSPS) is 22.5. The van der Waals surface area contributed by atoms with Crippen LogP contribution in [0.5, 0.6) is 0 Å². The van der Waals surface area contributed by atoms with Crippen molar-refractivity contribution in [1.82, 2.24) is 14.8 Å². The summed E-state index contributed by atoms with van der Waals surface area (Å²) in [4.78, 5) is 3.95. The van der Waals surface area contributed by atoms with Gasteiger partial charge in [0.15, 0.2) is 5.82 Å². The van der Waals surface area contributed by atoms with Gasteiger partial charge in [0.05, 0.1) is 12.6 Å². The zero-order chi connectivity index (χ0) is 9.80. The second-order valence-corrected chi connectivity index (χ2v) is 3.51. The highest BCUT2D eigenvalue weighted by molar-refractivity contribution is 4.82. The predicted octanol–water partition coefficient (Wildman–Crippen LogP) is 0.339. The summed E-state index contributed by atoms with van der Waals surface area (Å²) in [5.41, 5.74) is 0. The van der Waals surface area contributed by atoms with E-state index in [-0.39, 0.29) is 12.7 Å². The number of rotatable bonds is 3. The minimum atomic E-state index is -0.0628. The Kier molecular flexibility index (Phi) is 3.10. The van der Waals surface area contributed by atoms with E-state index in [9.17, 15) is 0 Å². The first-order valence-corrected chi connectivity index (χ1v) is 4.99. The first-order chi connectivity index (χ1) is 6.90. The van der Waals surface area contributed by atoms with E-state index >= 15 is 0 Å². The Morgan fingerprint density at radius 1 is 1.57 bits per heavy atom. The molecule has 0 aromatic carbocycles. The van der Waals surface area contributed by atoms with Gasteiger partial charge in [0, 0.05) is 6.61 Å². The van der Waals surface area contributed by atoms with Gasteiger partial charge in [-0.05, 0) is 19.3 Å². The van der Waals surface area contributed by atoms with Crippen LogP contribution in [-0.4, -0.2) is 32.6 Å². The third-order valence-electron chi connectivity index (χ3n) is 2.49. The Hall–Kier alpha value is -0.940. The van der Waals surface area contributed by atoms with Gasteiger partial charge in [0.1, 0.15) is 12.9 Å². The lowest BCUT2D eigenvalue weighted by molar-refractivity contribution is 0.00288. The van der Waals surface area contributed by atoms with Crippen molar-refractivity contribution in [1.29, 1.82) is 0 Å². The summed E-state index contributed by atoms with van der Waals surface area (Å²) >= 11 is 0. The van der Waals surface area contributed by atoms with E-state index in [2.05, 4.69) is 10.1 Å². The molecule has 1 atom stereocenters. The van der Waals surface area contributed by atoms with Gasteiger partial charge in [-0.2, -0.15) is 5.10 Å². The molecule has 0 spiro atoms. The molecule has 0 aliphatic carbocycles. The second-order valence-electron chi connectivity index (χ2n) is 3.51. The number of hydrogen-bond donors (Lipinski definition) is 1. The Balaban J connectivity index is 1.95. The largest absolute Gasteiger partial charge is 0.388 e. The fraction of sp³-hybridized carbons (Fsp3) is 0.778. The molecule has 1 aromatic heterocycles. The number of aliphatic hydroxyl groups excluding tert-OH is 1. The molecular weight excluding hydrogens is 182 g/mol. The van der Waals surface area contributed by atoms with Gasteiger partial charge >= 0.3 is 0 Å². The number of nitrogens with zero attached hydrogens (tertiary/aromatic N) is 3. The van der Waals surface area contributed by atoms with E-state index in [4.69, 9.17) is 9.84 Å². The molecule has 5 nitrogen and oxygen atoms in total. The highest BCUT2D eigenvalue weighted by Gasteiger charge is 2.16. The van der Waals surface area contributed by atoms with Gasteiger partial charge in [-0.25, -0.2) is 9.67 Å². The van der Waals surface area contributed by atoms with Crippen molar-refractivity contribution >= 4 is 0 Å². The van der Waals surface area contributed by atoms with Crippen molar-refractivity contribution in [3.63, 3.8) is 0 Å². The summed E-state index contributed by atoms with van der Waals surface area (Å²) in [6, 6.07) is 0. The third-order valence-corrected chi connectivity index (χ3v) is 2.49. The fourth-order valence-electron chi connectivity index (χ4n) is 1.71. The van der Waals surface area contributed by atoms with Crippen LogP contribution in [0.25, 0.3) is 0 Å². The van der Waals surface area contributed by atoms with Gasteiger partial charge in [0.2, 0.25) is 0 Å². The summed E-state index contributed by atoms with van der Waals surface area (Å²) in [6.07, 6.45) is 5.14. The smallest absolute Gasteiger partial charge is 0.152 e. The van der Waals surface area contributed by atoms with E-state index < -0.39 is 0 Å². The third kappa shape index (κ3) is 2.10. The zero-order valence-electron chi connectivity index (χ0n) is 8.09. The molecule has 1 fully saturated rings. The Bertz CT molecular complexity index is 281. The van der Waals surface area contributed by atoms with Gasteiger partial charge < -0.3 is 9.84 Å². The summed E-state index contributed by atoms with van der Waals surface area (Å²) in [7, 11) is 0. The standard InChI is InChI=1S/C9H15N3O2/c13-6-9-10-7-11-12(9)5-8-3-1-2-4-14-8/h7-8,13H,1-6H2. The van der Waals surface area contributed by atoms with Crippen molar-refractivity contribution in [3.05, 3.63) is 12.2 Å². The fourth-order valence-corrected chi connectivity index (χ4v) is 1.71. The molecule has 0 radical (unpaired) electrons. The van der Waals surface area contributed by atoms with Crippen molar-refractivity contribution in [3.8, 4) is 0 Å². The van der Waals surface area contributed by atoms with E-state index in [1.54, 1.807) is 4.68 Å². The molecule has 2 heterocycles. The minimum absolute atomic E-state index is 0.0628. The van der Waals surface area contributed by atoms with Crippen LogP contribution in [0.3, 0.4) is 0 Å². The maximum Gasteiger partial charge on any atom is 0.152 e. The Morgan fingerprint density at radius 2 is 2.50 bits per heavy atom. The van der Waals surface area contributed by atoms with Crippen molar-refractivity contribution in [2.24, 2.45) is 0 Å². The van der Waals surface area contributed by atoms with Crippen LogP contribution in [0, 0.1) is 0 Å². The predicted molar refractivity (Wildman–Crippen MR) is 49.5 cm³/mol. The van der Waals surface area contributed by atoms with Crippen LogP contribution in [0.1, 0.15) is 25.1 Å². The van der Waals surface area contributed by atoms with Crippen molar-refractivity contribution < 1.29 is 9.84 Å². The summed E-state index contributed by atoms with van der Waals surface area (Å²) in [6.45, 7) is 1.48. The number of hydrogen-bond acceptors (Lipinski definition) is 4. The van der Waals surface area contributed by atoms with Gasteiger partial charge in [-0.1, -0.05) is 0 Å². The maximum absolute atomic E-state index is 8.97. The van der Waals surface area contributed by atoms with E-state index in [1.165, 1.54) is 12.7 Å². The van der Waals surface area contributed by atoms with Crippen molar-refractivity contribution in [2.75, 3.05) is 6.61 Å². The van der Waals surface area contributed by atoms with Crippen molar-refractivity contribution in [2.45, 2.75) is 38.5 Å². The van der Waals surface area contributed by atoms with Crippen LogP contribution in [0.15, 0.2) is 6.33 Å². The minimum Gasteiger partial charge on any atom is -0.388 e. The average Bonchev–Trinajstić information content (AvgIpc) is 2.67. The summed E-state index contributed by atoms with van der Waals surface area (Å²) in [5.74, 6) is 0.610. The molecule has 2 rings (SSSR count). The average molecular weight is 197 g/mol. The monoisotopic (exact) mass is 197 g/mol. The summed E-state index contributed by atoms with van der Waals surface area (Å²) in [5, 5.41) is 13.0. The van der Waals surface area contributed by atoms with Crippen LogP contribution < -0.4 is 0 Å². The molecule has 14 heavy (non-hydrogen) atoms. The van der Waals surface area contributed by atoms with Crippen LogP contribution in [0.2, 0.25) is 0 Å². The Morgan fingerprint density at radius 3 is 3.21 bits per heavy atom. The Labute approximate surface area is 82.7 Å². The lowest BCUT2D eigenvalue weighted by Crippen LogP contribution is -2.25. The highest BCUT2D eigenvalue weighted by Crippen LogP contribution is 2.14. The molecule has 5 heteroatoms. The van der Waals surface area contributed by atoms with Crippen LogP contribution in [-0.2, 0) is 17.9 Å². The molecule has 78 valence electrons. The zero-order valence-corrected chi connectivity index (χ0v) is 8.09. The van der Waals surface area contributed by atoms with Gasteiger partial charge in [-0.3, -0.25) is 0 Å². The molecule has 1 aliphatic rings. The molecule has 0 bridgehead atoms. The maximum atomic E-state index is 8.97. The molecule has 1 aromatic rings. The first kappa shape index (κ1) is 9.61. The van der Waals surface area contributed by atoms with E-state index in [1.807, 2.05) is 0 Å². The molecule has 1 saturated heterocycles. The summed E-state index contributed by atoms with van der Waals surface area (Å²) < 4.78 is 7.30. The molecule has 1 aliphatic heterocycles. The molecule has 0 saturated carbocycles. The van der Waals surface area contributed by atoms with Gasteiger partial charge in [-0.15, -0.1) is 0 Å². The number of aliphatic hydroxyl groups is 1. The first-order valence-electron chi connectivity index (χ1n) is 4.99. The molecule has 0 amide bonds. The number of ether oxygens (including phenoxy) is 1. The quantitative estimate of drug-likeness (QED) is 0.759. The lowest BCUT2D eigenvalue weighted by atomic mass is 10.1. The van der Waals surface area contributed by atoms with Crippen LogP contribution >= 0.6 is 0 Å². The lowest BCUT2D eigenvalue weighted by Gasteiger charge is -2.22. The van der Waals surface area contributed by atoms with Gasteiger partial charge in [0.25, 0.3) is 0 Å². The molecule has 1 N–H and O–H groups in total. The SMILES string of the molecule is OCc1ncnn1CC1CCCCO1. The molecule has 1 unspecified atom stereocenters.